The summed E-state index contributed by atoms with van der Waals surface area (Å²) in [6.45, 7) is 0.550. The van der Waals surface area contributed by atoms with Crippen molar-refractivity contribution in [1.82, 2.24) is 15.3 Å². The van der Waals surface area contributed by atoms with Crippen LogP contribution in [0.3, 0.4) is 0 Å². The first kappa shape index (κ1) is 19.3. The van der Waals surface area contributed by atoms with Crippen molar-refractivity contribution in [3.63, 3.8) is 0 Å². The van der Waals surface area contributed by atoms with Crippen LogP contribution in [0.15, 0.2) is 54.6 Å². The minimum absolute atomic E-state index is 0.0309. The number of nitrogens with one attached hydrogen (secondary N) is 1. The number of phenols is 1. The van der Waals surface area contributed by atoms with E-state index in [0.29, 0.717) is 6.54 Å². The number of rotatable bonds is 4. The number of carbonyl (C=O) groups is 2. The fraction of sp³-hybridized carbons (Fsp3) is 0.417. The van der Waals surface area contributed by atoms with Gasteiger partial charge in [-0.05, 0) is 36.1 Å². The van der Waals surface area contributed by atoms with Crippen molar-refractivity contribution in [2.75, 3.05) is 0 Å². The van der Waals surface area contributed by atoms with Gasteiger partial charge in [-0.1, -0.05) is 61.7 Å². The second kappa shape index (κ2) is 7.85. The van der Waals surface area contributed by atoms with Crippen LogP contribution in [0.4, 0.5) is 0 Å². The highest BCUT2D eigenvalue weighted by atomic mass is 16.3. The molecule has 156 valence electrons. The minimum atomic E-state index is -0.501. The molecule has 3 aliphatic rings. The number of aromatic hydroxyl groups is 1. The predicted molar refractivity (Wildman–Crippen MR) is 112 cm³/mol. The average Bonchev–Trinajstić information content (AvgIpc) is 3.26. The van der Waals surface area contributed by atoms with Gasteiger partial charge in [-0.2, -0.15) is 0 Å². The van der Waals surface area contributed by atoms with E-state index in [1.165, 1.54) is 6.42 Å². The van der Waals surface area contributed by atoms with Gasteiger partial charge in [-0.25, -0.2) is 10.4 Å². The van der Waals surface area contributed by atoms with Crippen LogP contribution in [-0.2, 0) is 16.1 Å². The summed E-state index contributed by atoms with van der Waals surface area (Å²) in [5.74, 6) is -0.389. The number of hydrazine groups is 1. The van der Waals surface area contributed by atoms with Gasteiger partial charge in [0.15, 0.2) is 0 Å². The lowest BCUT2D eigenvalue weighted by Gasteiger charge is -2.32. The molecule has 2 aromatic rings. The molecule has 6 nitrogen and oxygen atoms in total. The summed E-state index contributed by atoms with van der Waals surface area (Å²) in [4.78, 5) is 28.6. The van der Waals surface area contributed by atoms with Crippen LogP contribution < -0.4 is 5.43 Å². The Morgan fingerprint density at radius 1 is 0.900 bits per heavy atom. The normalized spacial score (nSPS) is 27.6. The third-order valence-corrected chi connectivity index (χ3v) is 6.74. The standard InChI is InChI=1S/C24H27N3O3/c28-19-13-11-17(12-14-19)21-20-22(26(25-21)15-16-7-3-1-4-8-16)24(30)27(23(20)29)18-9-5-2-6-10-18/h1,3-4,7-8,11-14,18,20-22,25,28H,2,5-6,9-10,15H2/t20-,21+,22+/m1/s1. The monoisotopic (exact) mass is 405 g/mol. The van der Waals surface area contributed by atoms with Crippen LogP contribution in [0.1, 0.15) is 49.3 Å². The van der Waals surface area contributed by atoms with Gasteiger partial charge in [0, 0.05) is 12.6 Å². The molecule has 1 aliphatic carbocycles. The summed E-state index contributed by atoms with van der Waals surface area (Å²) in [5.41, 5.74) is 5.44. The Morgan fingerprint density at radius 3 is 2.30 bits per heavy atom. The molecule has 0 aromatic heterocycles. The first-order valence-electron chi connectivity index (χ1n) is 10.9. The third-order valence-electron chi connectivity index (χ3n) is 6.74. The minimum Gasteiger partial charge on any atom is -0.508 e. The van der Waals surface area contributed by atoms with E-state index in [1.54, 1.807) is 17.0 Å². The van der Waals surface area contributed by atoms with Crippen LogP contribution in [0, 0.1) is 5.92 Å². The second-order valence-corrected chi connectivity index (χ2v) is 8.62. The maximum atomic E-state index is 13.5. The molecule has 6 heteroatoms. The fourth-order valence-electron chi connectivity index (χ4n) is 5.28. The number of benzene rings is 2. The number of nitrogens with zero attached hydrogens (tertiary/aromatic N) is 2. The van der Waals surface area contributed by atoms with Gasteiger partial charge >= 0.3 is 0 Å². The molecular weight excluding hydrogens is 378 g/mol. The molecule has 3 fully saturated rings. The molecule has 5 rings (SSSR count). The number of carbonyl (C=O) groups excluding carboxylic acids is 2. The zero-order chi connectivity index (χ0) is 20.7. The highest BCUT2D eigenvalue weighted by Crippen LogP contribution is 2.43. The number of imide groups is 1. The lowest BCUT2D eigenvalue weighted by molar-refractivity contribution is -0.145. The summed E-state index contributed by atoms with van der Waals surface area (Å²) in [5, 5.41) is 11.6. The Bertz CT molecular complexity index is 924. The van der Waals surface area contributed by atoms with Crippen molar-refractivity contribution in [2.45, 2.75) is 56.8 Å². The Hall–Kier alpha value is -2.70. The number of phenolic OH excluding ortho intramolecular Hbond substituents is 1. The van der Waals surface area contributed by atoms with Gasteiger partial charge in [0.25, 0.3) is 0 Å². The summed E-state index contributed by atoms with van der Waals surface area (Å²) in [6.07, 6.45) is 5.14. The van der Waals surface area contributed by atoms with E-state index in [2.05, 4.69) is 5.43 Å². The lowest BCUT2D eigenvalue weighted by Crippen LogP contribution is -2.48. The van der Waals surface area contributed by atoms with Crippen molar-refractivity contribution >= 4 is 11.8 Å². The van der Waals surface area contributed by atoms with Gasteiger partial charge in [-0.15, -0.1) is 0 Å². The molecule has 0 unspecified atom stereocenters. The number of hydrogen-bond acceptors (Lipinski definition) is 5. The summed E-state index contributed by atoms with van der Waals surface area (Å²) >= 11 is 0. The first-order chi connectivity index (χ1) is 14.6. The van der Waals surface area contributed by atoms with Crippen LogP contribution in [0.25, 0.3) is 0 Å². The van der Waals surface area contributed by atoms with Gasteiger partial charge in [0.2, 0.25) is 11.8 Å². The largest absolute Gasteiger partial charge is 0.508 e. The van der Waals surface area contributed by atoms with Crippen LogP contribution in [-0.4, -0.2) is 38.9 Å². The van der Waals surface area contributed by atoms with Crippen LogP contribution >= 0.6 is 0 Å². The van der Waals surface area contributed by atoms with Gasteiger partial charge < -0.3 is 5.11 Å². The maximum Gasteiger partial charge on any atom is 0.249 e. The van der Waals surface area contributed by atoms with Crippen molar-refractivity contribution in [1.29, 1.82) is 0 Å². The van der Waals surface area contributed by atoms with E-state index in [1.807, 2.05) is 47.5 Å². The van der Waals surface area contributed by atoms with E-state index in [9.17, 15) is 14.7 Å². The number of fused-ring (bicyclic) bond motifs is 1. The topological polar surface area (TPSA) is 72.9 Å². The van der Waals surface area contributed by atoms with E-state index in [0.717, 1.165) is 36.8 Å². The molecule has 0 spiro atoms. The molecule has 0 radical (unpaired) electrons. The molecule has 3 atom stereocenters. The lowest BCUT2D eigenvalue weighted by atomic mass is 9.90. The number of likely N-dealkylation sites (tertiary alicyclic amines) is 1. The molecule has 2 heterocycles. The molecule has 30 heavy (non-hydrogen) atoms. The van der Waals surface area contributed by atoms with Crippen LogP contribution in [0.5, 0.6) is 5.75 Å². The highest BCUT2D eigenvalue weighted by molar-refractivity contribution is 6.08. The molecule has 2 amide bonds. The number of amides is 2. The SMILES string of the molecule is O=C1[C@H]2[C@@H](C(=O)N1C1CCCCC1)N(Cc1ccccc1)N[C@H]2c1ccc(O)cc1. The predicted octanol–water partition coefficient (Wildman–Crippen LogP) is 3.14. The summed E-state index contributed by atoms with van der Waals surface area (Å²) < 4.78 is 0. The molecule has 0 bridgehead atoms. The highest BCUT2D eigenvalue weighted by Gasteiger charge is 2.59. The van der Waals surface area contributed by atoms with Crippen molar-refractivity contribution in [3.8, 4) is 5.75 Å². The molecule has 2 N–H and O–H groups in total. The second-order valence-electron chi connectivity index (χ2n) is 8.62. The molecule has 2 saturated heterocycles. The maximum absolute atomic E-state index is 13.5. The van der Waals surface area contributed by atoms with Gasteiger partial charge in [0.05, 0.1) is 12.0 Å². The Morgan fingerprint density at radius 2 is 1.60 bits per heavy atom. The first-order valence-corrected chi connectivity index (χ1v) is 10.9. The van der Waals surface area contributed by atoms with E-state index in [-0.39, 0.29) is 29.6 Å². The van der Waals surface area contributed by atoms with E-state index < -0.39 is 12.0 Å². The average molecular weight is 405 g/mol. The fourth-order valence-corrected chi connectivity index (χ4v) is 5.28. The van der Waals surface area contributed by atoms with Crippen molar-refractivity contribution < 1.29 is 14.7 Å². The number of hydrogen-bond donors (Lipinski definition) is 2. The Kier molecular flexibility index (Phi) is 5.05. The summed E-state index contributed by atoms with van der Waals surface area (Å²) in [6, 6.07) is 16.2. The molecule has 2 aliphatic heterocycles. The molecule has 1 saturated carbocycles. The Balaban J connectivity index is 1.49. The van der Waals surface area contributed by atoms with Crippen LogP contribution in [0.2, 0.25) is 0 Å². The Labute approximate surface area is 176 Å². The van der Waals surface area contributed by atoms with E-state index in [4.69, 9.17) is 0 Å². The quantitative estimate of drug-likeness (QED) is 0.765. The zero-order valence-electron chi connectivity index (χ0n) is 16.9. The third kappa shape index (κ3) is 3.30. The zero-order valence-corrected chi connectivity index (χ0v) is 16.9. The smallest absolute Gasteiger partial charge is 0.249 e. The summed E-state index contributed by atoms with van der Waals surface area (Å²) in [7, 11) is 0. The van der Waals surface area contributed by atoms with Gasteiger partial charge in [0.1, 0.15) is 11.8 Å². The van der Waals surface area contributed by atoms with E-state index >= 15 is 0 Å². The van der Waals surface area contributed by atoms with Crippen molar-refractivity contribution in [2.24, 2.45) is 5.92 Å². The van der Waals surface area contributed by atoms with Gasteiger partial charge in [-0.3, -0.25) is 14.5 Å². The molecular formula is C24H27N3O3. The molecule has 2 aromatic carbocycles. The van der Waals surface area contributed by atoms with Crippen molar-refractivity contribution in [3.05, 3.63) is 65.7 Å².